The smallest absolute Gasteiger partial charge is 0.333 e. The Morgan fingerprint density at radius 2 is 1.52 bits per heavy atom. The van der Waals surface area contributed by atoms with Gasteiger partial charge in [0.2, 0.25) is 0 Å². The van der Waals surface area contributed by atoms with Gasteiger partial charge in [0.1, 0.15) is 19.0 Å². The van der Waals surface area contributed by atoms with Crippen LogP contribution in [0.5, 0.6) is 5.75 Å². The highest BCUT2D eigenvalue weighted by Gasteiger charge is 2.09. The molecule has 0 saturated carbocycles. The molecule has 1 N–H and O–H groups in total. The first-order chi connectivity index (χ1) is 16.1. The van der Waals surface area contributed by atoms with Gasteiger partial charge in [-0.15, -0.1) is 0 Å². The molecule has 3 aromatic rings. The van der Waals surface area contributed by atoms with Gasteiger partial charge < -0.3 is 14.6 Å². The van der Waals surface area contributed by atoms with Gasteiger partial charge >= 0.3 is 5.97 Å². The number of esters is 1. The number of ether oxygens (including phenoxy) is 2. The van der Waals surface area contributed by atoms with Gasteiger partial charge in [-0.2, -0.15) is 0 Å². The van der Waals surface area contributed by atoms with Crippen LogP contribution in [0.4, 0.5) is 0 Å². The monoisotopic (exact) mass is 444 g/mol. The summed E-state index contributed by atoms with van der Waals surface area (Å²) >= 11 is 0. The van der Waals surface area contributed by atoms with Crippen LogP contribution in [0.2, 0.25) is 0 Å². The zero-order valence-corrected chi connectivity index (χ0v) is 19.3. The Labute approximate surface area is 196 Å². The summed E-state index contributed by atoms with van der Waals surface area (Å²) in [6, 6.07) is 25.3. The molecule has 0 bridgehead atoms. The molecule has 0 aliphatic carbocycles. The Bertz CT molecular complexity index is 1040. The predicted molar refractivity (Wildman–Crippen MR) is 132 cm³/mol. The number of aliphatic hydroxyl groups excluding tert-OH is 1. The van der Waals surface area contributed by atoms with Crippen molar-refractivity contribution in [3.05, 3.63) is 102 Å². The second kappa shape index (κ2) is 12.6. The van der Waals surface area contributed by atoms with Crippen LogP contribution in [0, 0.1) is 0 Å². The van der Waals surface area contributed by atoms with Crippen LogP contribution < -0.4 is 4.74 Å². The summed E-state index contributed by atoms with van der Waals surface area (Å²) in [4.78, 5) is 11.6. The van der Waals surface area contributed by atoms with E-state index in [0.29, 0.717) is 12.0 Å². The molecular formula is C29H32O4. The molecule has 0 amide bonds. The molecule has 0 heterocycles. The number of aryl methyl sites for hydroxylation is 3. The van der Waals surface area contributed by atoms with E-state index in [1.165, 1.54) is 11.1 Å². The number of hydrogen-bond donors (Lipinski definition) is 1. The lowest BCUT2D eigenvalue weighted by atomic mass is 9.98. The van der Waals surface area contributed by atoms with E-state index in [2.05, 4.69) is 61.2 Å². The molecule has 172 valence electrons. The Morgan fingerprint density at radius 3 is 2.18 bits per heavy atom. The minimum absolute atomic E-state index is 0.127. The van der Waals surface area contributed by atoms with Crippen molar-refractivity contribution in [3.63, 3.8) is 0 Å². The molecule has 0 radical (unpaired) electrons. The molecular weight excluding hydrogens is 412 g/mol. The summed E-state index contributed by atoms with van der Waals surface area (Å²) in [5.41, 5.74) is 6.22. The molecule has 0 spiro atoms. The van der Waals surface area contributed by atoms with Crippen LogP contribution in [-0.2, 0) is 28.8 Å². The molecule has 0 unspecified atom stereocenters. The molecule has 3 rings (SSSR count). The predicted octanol–water partition coefficient (Wildman–Crippen LogP) is 5.56. The summed E-state index contributed by atoms with van der Waals surface area (Å²) in [6.07, 6.45) is 3.40. The van der Waals surface area contributed by atoms with Crippen molar-refractivity contribution >= 4 is 5.97 Å². The molecule has 0 aromatic heterocycles. The quantitative estimate of drug-likeness (QED) is 0.226. The maximum absolute atomic E-state index is 11.6. The van der Waals surface area contributed by atoms with Crippen molar-refractivity contribution in [1.82, 2.24) is 0 Å². The highest BCUT2D eigenvalue weighted by Crippen LogP contribution is 2.29. The van der Waals surface area contributed by atoms with Crippen molar-refractivity contribution in [2.45, 2.75) is 32.6 Å². The SMILES string of the molecule is C=C(C)C(=O)OCCOc1cc(-c2ccc(CCc3ccccc3)cc2)ccc1CCCO. The second-order valence-corrected chi connectivity index (χ2v) is 8.10. The van der Waals surface area contributed by atoms with E-state index in [1.807, 2.05) is 18.2 Å². The maximum Gasteiger partial charge on any atom is 0.333 e. The fourth-order valence-corrected chi connectivity index (χ4v) is 3.55. The molecule has 0 fully saturated rings. The average Bonchev–Trinajstić information content (AvgIpc) is 2.85. The molecule has 3 aromatic carbocycles. The van der Waals surface area contributed by atoms with E-state index < -0.39 is 5.97 Å². The van der Waals surface area contributed by atoms with Crippen LogP contribution in [0.1, 0.15) is 30.0 Å². The van der Waals surface area contributed by atoms with Gasteiger partial charge in [0.15, 0.2) is 0 Å². The van der Waals surface area contributed by atoms with Crippen molar-refractivity contribution < 1.29 is 19.4 Å². The van der Waals surface area contributed by atoms with Gasteiger partial charge in [-0.05, 0) is 66.5 Å². The summed E-state index contributed by atoms with van der Waals surface area (Å²) in [6.45, 7) is 5.74. The molecule has 4 heteroatoms. The maximum atomic E-state index is 11.6. The molecule has 0 aliphatic rings. The Morgan fingerprint density at radius 1 is 0.848 bits per heavy atom. The topological polar surface area (TPSA) is 55.8 Å². The number of carbonyl (C=O) groups is 1. The van der Waals surface area contributed by atoms with Crippen molar-refractivity contribution in [2.24, 2.45) is 0 Å². The molecule has 4 nitrogen and oxygen atoms in total. The van der Waals surface area contributed by atoms with Gasteiger partial charge in [-0.3, -0.25) is 0 Å². The lowest BCUT2D eigenvalue weighted by Gasteiger charge is -2.14. The van der Waals surface area contributed by atoms with Gasteiger partial charge in [0, 0.05) is 12.2 Å². The third-order valence-corrected chi connectivity index (χ3v) is 5.43. The van der Waals surface area contributed by atoms with E-state index in [1.54, 1.807) is 6.92 Å². The number of benzene rings is 3. The van der Waals surface area contributed by atoms with E-state index >= 15 is 0 Å². The fourth-order valence-electron chi connectivity index (χ4n) is 3.55. The van der Waals surface area contributed by atoms with Crippen LogP contribution in [0.3, 0.4) is 0 Å². The number of aliphatic hydroxyl groups is 1. The standard InChI is InChI=1S/C29H32O4/c1-22(2)29(31)33-20-19-32-28-21-27(17-16-26(28)9-6-18-30)25-14-12-24(13-15-25)11-10-23-7-4-3-5-8-23/h3-5,7-8,12-17,21,30H,1,6,9-11,18-20H2,2H3. The fraction of sp³-hybridized carbons (Fsp3) is 0.276. The normalized spacial score (nSPS) is 10.6. The first-order valence-corrected chi connectivity index (χ1v) is 11.4. The largest absolute Gasteiger partial charge is 0.490 e. The van der Waals surface area contributed by atoms with E-state index in [9.17, 15) is 9.90 Å². The summed E-state index contributed by atoms with van der Waals surface area (Å²) in [5.74, 6) is 0.334. The number of rotatable bonds is 12. The highest BCUT2D eigenvalue weighted by molar-refractivity contribution is 5.86. The molecule has 0 saturated heterocycles. The molecule has 33 heavy (non-hydrogen) atoms. The van der Waals surface area contributed by atoms with Crippen molar-refractivity contribution in [1.29, 1.82) is 0 Å². The number of hydrogen-bond acceptors (Lipinski definition) is 4. The summed E-state index contributed by atoms with van der Waals surface area (Å²) < 4.78 is 11.1. The van der Waals surface area contributed by atoms with Gasteiger partial charge in [0.05, 0.1) is 0 Å². The van der Waals surface area contributed by atoms with Crippen LogP contribution in [0.15, 0.2) is 84.9 Å². The Hall–Kier alpha value is -3.37. The third kappa shape index (κ3) is 7.62. The minimum Gasteiger partial charge on any atom is -0.490 e. The third-order valence-electron chi connectivity index (χ3n) is 5.43. The molecule has 0 aliphatic heterocycles. The van der Waals surface area contributed by atoms with E-state index in [4.69, 9.17) is 9.47 Å². The van der Waals surface area contributed by atoms with Crippen molar-refractivity contribution in [3.8, 4) is 16.9 Å². The van der Waals surface area contributed by atoms with Crippen LogP contribution >= 0.6 is 0 Å². The van der Waals surface area contributed by atoms with E-state index in [0.717, 1.165) is 41.7 Å². The van der Waals surface area contributed by atoms with Crippen LogP contribution in [-0.4, -0.2) is 30.9 Å². The number of carbonyl (C=O) groups excluding carboxylic acids is 1. The first kappa shape index (κ1) is 24.3. The second-order valence-electron chi connectivity index (χ2n) is 8.10. The highest BCUT2D eigenvalue weighted by atomic mass is 16.6. The van der Waals surface area contributed by atoms with Gasteiger partial charge in [-0.1, -0.05) is 73.3 Å². The van der Waals surface area contributed by atoms with Gasteiger partial charge in [0.25, 0.3) is 0 Å². The minimum atomic E-state index is -0.416. The van der Waals surface area contributed by atoms with E-state index in [-0.39, 0.29) is 19.8 Å². The Balaban J connectivity index is 1.66. The summed E-state index contributed by atoms with van der Waals surface area (Å²) in [5, 5.41) is 9.21. The van der Waals surface area contributed by atoms with Crippen LogP contribution in [0.25, 0.3) is 11.1 Å². The average molecular weight is 445 g/mol. The zero-order valence-electron chi connectivity index (χ0n) is 19.3. The lowest BCUT2D eigenvalue weighted by Crippen LogP contribution is -2.13. The Kier molecular flexibility index (Phi) is 9.28. The lowest BCUT2D eigenvalue weighted by molar-refractivity contribution is -0.139. The van der Waals surface area contributed by atoms with Gasteiger partial charge in [-0.25, -0.2) is 4.79 Å². The first-order valence-electron chi connectivity index (χ1n) is 11.4. The summed E-state index contributed by atoms with van der Waals surface area (Å²) in [7, 11) is 0. The molecule has 0 atom stereocenters. The zero-order chi connectivity index (χ0) is 23.5. The van der Waals surface area contributed by atoms with Crippen molar-refractivity contribution in [2.75, 3.05) is 19.8 Å².